The fraction of sp³-hybridized carbons (Fsp3) is 0.375. The van der Waals surface area contributed by atoms with Crippen molar-refractivity contribution in [2.45, 2.75) is 47.5 Å². The normalized spacial score (nSPS) is 14.3. The molecule has 0 bridgehead atoms. The third kappa shape index (κ3) is 3.80. The van der Waals surface area contributed by atoms with E-state index in [4.69, 9.17) is 12.6 Å². The summed E-state index contributed by atoms with van der Waals surface area (Å²) in [5.41, 5.74) is 1.29. The van der Waals surface area contributed by atoms with Gasteiger partial charge >= 0.3 is 0 Å². The number of thiophene rings is 1. The van der Waals surface area contributed by atoms with E-state index >= 15 is 0 Å². The van der Waals surface area contributed by atoms with E-state index in [1.54, 1.807) is 0 Å². The van der Waals surface area contributed by atoms with Crippen molar-refractivity contribution in [3.8, 4) is 0 Å². The van der Waals surface area contributed by atoms with Gasteiger partial charge in [-0.15, -0.1) is 11.3 Å². The van der Waals surface area contributed by atoms with Crippen molar-refractivity contribution in [2.24, 2.45) is 0 Å². The standard InChI is InChI=1S/C16H20S3/c1-4-13-10-11-15(18-13)19-14-8-6-12(7-9-14)16(3,17)5-2/h6-11,17H,4-5H2,1-3H3. The molecule has 0 radical (unpaired) electrons. The molecule has 0 aliphatic carbocycles. The first-order chi connectivity index (χ1) is 9.05. The van der Waals surface area contributed by atoms with E-state index in [0.29, 0.717) is 0 Å². The molecule has 0 fully saturated rings. The van der Waals surface area contributed by atoms with E-state index in [9.17, 15) is 0 Å². The summed E-state index contributed by atoms with van der Waals surface area (Å²) < 4.78 is 1.34. The molecule has 0 amide bonds. The van der Waals surface area contributed by atoms with Gasteiger partial charge in [-0.05, 0) is 49.6 Å². The SMILES string of the molecule is CCc1ccc(Sc2ccc(C(C)(S)CC)cc2)s1. The predicted molar refractivity (Wildman–Crippen MR) is 90.9 cm³/mol. The lowest BCUT2D eigenvalue weighted by molar-refractivity contribution is 0.670. The lowest BCUT2D eigenvalue weighted by Crippen LogP contribution is -2.11. The number of hydrogen-bond donors (Lipinski definition) is 1. The van der Waals surface area contributed by atoms with Crippen LogP contribution >= 0.6 is 35.7 Å². The van der Waals surface area contributed by atoms with Crippen molar-refractivity contribution in [2.75, 3.05) is 0 Å². The van der Waals surface area contributed by atoms with Crippen molar-refractivity contribution in [1.29, 1.82) is 0 Å². The summed E-state index contributed by atoms with van der Waals surface area (Å²) in [4.78, 5) is 2.75. The summed E-state index contributed by atoms with van der Waals surface area (Å²) in [6.07, 6.45) is 2.16. The number of thiol groups is 1. The highest BCUT2D eigenvalue weighted by molar-refractivity contribution is 8.01. The molecule has 102 valence electrons. The van der Waals surface area contributed by atoms with Gasteiger partial charge in [0.25, 0.3) is 0 Å². The Kier molecular flexibility index (Phi) is 5.04. The molecule has 1 aromatic carbocycles. The van der Waals surface area contributed by atoms with Gasteiger partial charge in [-0.25, -0.2) is 0 Å². The molecule has 3 heteroatoms. The van der Waals surface area contributed by atoms with Crippen LogP contribution in [0, 0.1) is 0 Å². The zero-order valence-electron chi connectivity index (χ0n) is 11.6. The monoisotopic (exact) mass is 308 g/mol. The van der Waals surface area contributed by atoms with Crippen molar-refractivity contribution in [1.82, 2.24) is 0 Å². The van der Waals surface area contributed by atoms with E-state index in [2.05, 4.69) is 57.2 Å². The molecular weight excluding hydrogens is 288 g/mol. The highest BCUT2D eigenvalue weighted by Gasteiger charge is 2.18. The van der Waals surface area contributed by atoms with Crippen LogP contribution in [-0.2, 0) is 11.2 Å². The molecule has 0 N–H and O–H groups in total. The molecule has 0 saturated heterocycles. The quantitative estimate of drug-likeness (QED) is 0.659. The van der Waals surface area contributed by atoms with Crippen LogP contribution in [0.2, 0.25) is 0 Å². The second-order valence-corrected chi connectivity index (χ2v) is 8.36. The van der Waals surface area contributed by atoms with Crippen LogP contribution in [0.4, 0.5) is 0 Å². The molecule has 19 heavy (non-hydrogen) atoms. The van der Waals surface area contributed by atoms with Crippen molar-refractivity contribution in [3.63, 3.8) is 0 Å². The Balaban J connectivity index is 2.10. The van der Waals surface area contributed by atoms with E-state index in [1.807, 2.05) is 23.1 Å². The fourth-order valence-electron chi connectivity index (χ4n) is 1.81. The molecule has 0 saturated carbocycles. The number of hydrogen-bond acceptors (Lipinski definition) is 3. The molecule has 0 nitrogen and oxygen atoms in total. The van der Waals surface area contributed by atoms with Crippen LogP contribution < -0.4 is 0 Å². The summed E-state index contributed by atoms with van der Waals surface area (Å²) in [7, 11) is 0. The predicted octanol–water partition coefficient (Wildman–Crippen LogP) is 6.02. The van der Waals surface area contributed by atoms with Gasteiger partial charge in [-0.3, -0.25) is 0 Å². The summed E-state index contributed by atoms with van der Waals surface area (Å²) in [5, 5.41) is 0. The minimum atomic E-state index is -0.0263. The molecule has 0 aliphatic heterocycles. The first kappa shape index (κ1) is 15.0. The third-order valence-corrected chi connectivity index (χ3v) is 6.31. The van der Waals surface area contributed by atoms with Gasteiger partial charge in [-0.1, -0.05) is 37.7 Å². The lowest BCUT2D eigenvalue weighted by atomic mass is 9.98. The zero-order valence-corrected chi connectivity index (χ0v) is 14.2. The van der Waals surface area contributed by atoms with E-state index in [0.717, 1.165) is 12.8 Å². The van der Waals surface area contributed by atoms with Gasteiger partial charge in [0.1, 0.15) is 0 Å². The molecule has 1 heterocycles. The first-order valence-electron chi connectivity index (χ1n) is 6.64. The molecular formula is C16H20S3. The second-order valence-electron chi connectivity index (χ2n) is 4.83. The molecule has 0 aliphatic rings. The Morgan fingerprint density at radius 2 is 1.79 bits per heavy atom. The second kappa shape index (κ2) is 6.38. The largest absolute Gasteiger partial charge is 0.168 e. The number of rotatable bonds is 5. The lowest BCUT2D eigenvalue weighted by Gasteiger charge is -2.22. The van der Waals surface area contributed by atoms with Crippen molar-refractivity contribution in [3.05, 3.63) is 46.8 Å². The Morgan fingerprint density at radius 1 is 1.11 bits per heavy atom. The Morgan fingerprint density at radius 3 is 2.32 bits per heavy atom. The first-order valence-corrected chi connectivity index (χ1v) is 8.72. The Labute approximate surface area is 130 Å². The summed E-state index contributed by atoms with van der Waals surface area (Å²) in [6.45, 7) is 6.55. The highest BCUT2D eigenvalue weighted by atomic mass is 32.2. The average molecular weight is 309 g/mol. The maximum Gasteiger partial charge on any atom is 0.0649 e. The Hall–Kier alpha value is -0.380. The van der Waals surface area contributed by atoms with E-state index in [-0.39, 0.29) is 4.75 Å². The average Bonchev–Trinajstić information content (AvgIpc) is 2.87. The minimum absolute atomic E-state index is 0.0263. The van der Waals surface area contributed by atoms with Gasteiger partial charge in [0.2, 0.25) is 0 Å². The zero-order chi connectivity index (χ0) is 13.9. The topological polar surface area (TPSA) is 0 Å². The van der Waals surface area contributed by atoms with Crippen LogP contribution in [0.3, 0.4) is 0 Å². The molecule has 0 spiro atoms. The maximum absolute atomic E-state index is 4.72. The smallest absolute Gasteiger partial charge is 0.0649 e. The number of benzene rings is 1. The van der Waals surface area contributed by atoms with Crippen LogP contribution in [0.25, 0.3) is 0 Å². The van der Waals surface area contributed by atoms with Gasteiger partial charge < -0.3 is 0 Å². The molecule has 1 aromatic heterocycles. The van der Waals surface area contributed by atoms with E-state index < -0.39 is 0 Å². The van der Waals surface area contributed by atoms with Crippen LogP contribution in [0.1, 0.15) is 37.6 Å². The minimum Gasteiger partial charge on any atom is -0.168 e. The van der Waals surface area contributed by atoms with Gasteiger partial charge in [0.05, 0.1) is 4.21 Å². The number of aryl methyl sites for hydroxylation is 1. The summed E-state index contributed by atoms with van der Waals surface area (Å²) in [6, 6.07) is 13.3. The van der Waals surface area contributed by atoms with Crippen molar-refractivity contribution >= 4 is 35.7 Å². The van der Waals surface area contributed by atoms with Gasteiger partial charge in [-0.2, -0.15) is 12.6 Å². The molecule has 1 unspecified atom stereocenters. The van der Waals surface area contributed by atoms with Crippen LogP contribution in [0.15, 0.2) is 45.5 Å². The summed E-state index contributed by atoms with van der Waals surface area (Å²) in [5.74, 6) is 0. The van der Waals surface area contributed by atoms with Crippen LogP contribution in [-0.4, -0.2) is 0 Å². The highest BCUT2D eigenvalue weighted by Crippen LogP contribution is 2.36. The fourth-order valence-corrected chi connectivity index (χ4v) is 4.05. The van der Waals surface area contributed by atoms with Crippen molar-refractivity contribution < 1.29 is 0 Å². The summed E-state index contributed by atoms with van der Waals surface area (Å²) >= 11 is 8.45. The Bertz CT molecular complexity index is 523. The van der Waals surface area contributed by atoms with Crippen LogP contribution in [0.5, 0.6) is 0 Å². The molecule has 1 atom stereocenters. The molecule has 2 rings (SSSR count). The third-order valence-electron chi connectivity index (χ3n) is 3.37. The maximum atomic E-state index is 4.72. The van der Waals surface area contributed by atoms with E-state index in [1.165, 1.54) is 19.5 Å². The van der Waals surface area contributed by atoms with Gasteiger partial charge in [0.15, 0.2) is 0 Å². The van der Waals surface area contributed by atoms with Gasteiger partial charge in [0, 0.05) is 14.5 Å². The molecule has 2 aromatic rings.